The molecule has 1 heterocycles. The van der Waals surface area contributed by atoms with Crippen molar-refractivity contribution in [3.63, 3.8) is 0 Å². The summed E-state index contributed by atoms with van der Waals surface area (Å²) in [5, 5.41) is 14.2. The van der Waals surface area contributed by atoms with Gasteiger partial charge in [0.15, 0.2) is 11.5 Å². The quantitative estimate of drug-likeness (QED) is 0.191. The first-order valence-electron chi connectivity index (χ1n) is 11.4. The van der Waals surface area contributed by atoms with Crippen LogP contribution >= 0.6 is 27.5 Å². The molecule has 4 rings (SSSR count). The molecular weight excluding hydrogens is 551 g/mol. The van der Waals surface area contributed by atoms with E-state index in [0.29, 0.717) is 29.0 Å². The lowest BCUT2D eigenvalue weighted by molar-refractivity contribution is -0.139. The molecule has 36 heavy (non-hydrogen) atoms. The molecule has 0 fully saturated rings. The van der Waals surface area contributed by atoms with Crippen LogP contribution < -0.4 is 14.8 Å². The van der Waals surface area contributed by atoms with Gasteiger partial charge in [-0.2, -0.15) is 0 Å². The summed E-state index contributed by atoms with van der Waals surface area (Å²) in [5.74, 6) is -0.507. The summed E-state index contributed by atoms with van der Waals surface area (Å²) in [5.41, 5.74) is 2.94. The lowest BCUT2D eigenvalue weighted by Gasteiger charge is -2.18. The number of para-hydroxylation sites is 1. The lowest BCUT2D eigenvalue weighted by atomic mass is 10.0. The number of aliphatic carboxylic acids is 1. The summed E-state index contributed by atoms with van der Waals surface area (Å²) in [4.78, 5) is 15.2. The second-order valence-electron chi connectivity index (χ2n) is 8.15. The lowest BCUT2D eigenvalue weighted by Crippen LogP contribution is -2.38. The van der Waals surface area contributed by atoms with E-state index in [-0.39, 0.29) is 23.7 Å². The zero-order valence-corrected chi connectivity index (χ0v) is 21.8. The summed E-state index contributed by atoms with van der Waals surface area (Å²) >= 11 is 9.65. The first-order valence-corrected chi connectivity index (χ1v) is 12.6. The number of halogens is 3. The Morgan fingerprint density at radius 2 is 1.92 bits per heavy atom. The van der Waals surface area contributed by atoms with Gasteiger partial charge in [0.1, 0.15) is 18.5 Å². The minimum atomic E-state index is -0.942. The Morgan fingerprint density at radius 3 is 2.67 bits per heavy atom. The van der Waals surface area contributed by atoms with Gasteiger partial charge >= 0.3 is 5.97 Å². The highest BCUT2D eigenvalue weighted by Crippen LogP contribution is 2.35. The third-order valence-corrected chi connectivity index (χ3v) is 6.87. The highest BCUT2D eigenvalue weighted by molar-refractivity contribution is 9.10. The van der Waals surface area contributed by atoms with Crippen LogP contribution in [0.3, 0.4) is 0 Å². The summed E-state index contributed by atoms with van der Waals surface area (Å²) < 4.78 is 26.4. The second kappa shape index (κ2) is 11.8. The number of fused-ring (bicyclic) bond motifs is 1. The van der Waals surface area contributed by atoms with Crippen molar-refractivity contribution in [2.75, 3.05) is 6.61 Å². The first kappa shape index (κ1) is 26.0. The summed E-state index contributed by atoms with van der Waals surface area (Å²) in [7, 11) is 0. The zero-order chi connectivity index (χ0) is 25.7. The topological polar surface area (TPSA) is 83.6 Å². The predicted octanol–water partition coefficient (Wildman–Crippen LogP) is 6.49. The maximum Gasteiger partial charge on any atom is 0.321 e. The maximum atomic E-state index is 14.1. The molecule has 0 bridgehead atoms. The van der Waals surface area contributed by atoms with Crippen molar-refractivity contribution in [3.05, 3.63) is 92.8 Å². The standard InChI is InChI=1S/C27H25BrClFN2O4/c1-2-35-25-11-17(20(28)12-26(25)36-15-19-21(29)7-5-8-22(19)30)14-32-24(27(33)34)10-16-13-31-23-9-4-3-6-18(16)23/h3-9,11-13,24,31-32H,2,10,14-15H2,1H3,(H,33,34). The Balaban J connectivity index is 1.49. The highest BCUT2D eigenvalue weighted by atomic mass is 79.9. The number of rotatable bonds is 11. The number of ether oxygens (including phenoxy) is 2. The van der Waals surface area contributed by atoms with Gasteiger partial charge in [-0.15, -0.1) is 0 Å². The van der Waals surface area contributed by atoms with Crippen LogP contribution in [-0.4, -0.2) is 28.7 Å². The van der Waals surface area contributed by atoms with Crippen molar-refractivity contribution in [3.8, 4) is 11.5 Å². The molecule has 0 spiro atoms. The molecule has 0 aliphatic heterocycles. The number of hydrogen-bond donors (Lipinski definition) is 3. The van der Waals surface area contributed by atoms with Gasteiger partial charge in [0.05, 0.1) is 11.6 Å². The van der Waals surface area contributed by atoms with E-state index in [9.17, 15) is 14.3 Å². The fourth-order valence-electron chi connectivity index (χ4n) is 3.91. The summed E-state index contributed by atoms with van der Waals surface area (Å²) in [6.07, 6.45) is 2.17. The largest absolute Gasteiger partial charge is 0.490 e. The molecule has 188 valence electrons. The molecule has 0 saturated carbocycles. The fraction of sp³-hybridized carbons (Fsp3) is 0.222. The van der Waals surface area contributed by atoms with Crippen LogP contribution in [0.4, 0.5) is 4.39 Å². The molecule has 1 unspecified atom stereocenters. The molecule has 0 radical (unpaired) electrons. The number of aromatic amines is 1. The molecule has 9 heteroatoms. The number of carboxylic acids is 1. The maximum absolute atomic E-state index is 14.1. The van der Waals surface area contributed by atoms with Crippen LogP contribution in [0.25, 0.3) is 10.9 Å². The normalized spacial score (nSPS) is 12.0. The van der Waals surface area contributed by atoms with Crippen LogP contribution in [0.5, 0.6) is 11.5 Å². The number of nitrogens with one attached hydrogen (secondary N) is 2. The van der Waals surface area contributed by atoms with E-state index in [4.69, 9.17) is 21.1 Å². The molecule has 6 nitrogen and oxygen atoms in total. The van der Waals surface area contributed by atoms with E-state index in [1.165, 1.54) is 12.1 Å². The molecule has 0 aliphatic carbocycles. The molecule has 1 aromatic heterocycles. The molecule has 3 aromatic carbocycles. The Kier molecular flexibility index (Phi) is 8.51. The van der Waals surface area contributed by atoms with Crippen LogP contribution in [0, 0.1) is 5.82 Å². The van der Waals surface area contributed by atoms with Crippen molar-refractivity contribution in [1.29, 1.82) is 0 Å². The van der Waals surface area contributed by atoms with Gasteiger partial charge in [-0.1, -0.05) is 51.8 Å². The number of aromatic nitrogens is 1. The number of H-pyrrole nitrogens is 1. The van der Waals surface area contributed by atoms with Crippen molar-refractivity contribution in [2.24, 2.45) is 0 Å². The third kappa shape index (κ3) is 6.00. The summed E-state index contributed by atoms with van der Waals surface area (Å²) in [6, 6.07) is 15.0. The molecule has 4 aromatic rings. The third-order valence-electron chi connectivity index (χ3n) is 5.78. The van der Waals surface area contributed by atoms with Gasteiger partial charge in [0.2, 0.25) is 0 Å². The molecular formula is C27H25BrClFN2O4. The number of carbonyl (C=O) groups is 1. The van der Waals surface area contributed by atoms with Gasteiger partial charge in [0, 0.05) is 40.1 Å². The van der Waals surface area contributed by atoms with E-state index in [2.05, 4.69) is 26.2 Å². The highest BCUT2D eigenvalue weighted by Gasteiger charge is 2.21. The van der Waals surface area contributed by atoms with Crippen LogP contribution in [0.1, 0.15) is 23.6 Å². The van der Waals surface area contributed by atoms with Crippen LogP contribution in [0.15, 0.2) is 65.3 Å². The molecule has 1 atom stereocenters. The Morgan fingerprint density at radius 1 is 1.14 bits per heavy atom. The van der Waals surface area contributed by atoms with E-state index in [1.54, 1.807) is 18.2 Å². The van der Waals surface area contributed by atoms with E-state index in [0.717, 1.165) is 22.0 Å². The first-order chi connectivity index (χ1) is 17.4. The minimum absolute atomic E-state index is 0.0681. The fourth-order valence-corrected chi connectivity index (χ4v) is 4.59. The molecule has 0 amide bonds. The van der Waals surface area contributed by atoms with Crippen molar-refractivity contribution in [1.82, 2.24) is 10.3 Å². The van der Waals surface area contributed by atoms with Gasteiger partial charge in [-0.3, -0.25) is 10.1 Å². The number of benzene rings is 3. The zero-order valence-electron chi connectivity index (χ0n) is 19.5. The monoisotopic (exact) mass is 574 g/mol. The predicted molar refractivity (Wildman–Crippen MR) is 141 cm³/mol. The van der Waals surface area contributed by atoms with E-state index in [1.807, 2.05) is 37.4 Å². The van der Waals surface area contributed by atoms with Gasteiger partial charge in [-0.25, -0.2) is 4.39 Å². The van der Waals surface area contributed by atoms with E-state index < -0.39 is 17.8 Å². The Labute approximate surface area is 221 Å². The molecule has 0 aliphatic rings. The summed E-state index contributed by atoms with van der Waals surface area (Å²) in [6.45, 7) is 2.45. The Hall–Kier alpha value is -3.07. The number of hydrogen-bond acceptors (Lipinski definition) is 4. The Bertz CT molecular complexity index is 1360. The van der Waals surface area contributed by atoms with Crippen LogP contribution in [0.2, 0.25) is 5.02 Å². The van der Waals surface area contributed by atoms with Gasteiger partial charge in [0.25, 0.3) is 0 Å². The van der Waals surface area contributed by atoms with Gasteiger partial charge in [-0.05, 0) is 48.4 Å². The van der Waals surface area contributed by atoms with Crippen molar-refractivity contribution >= 4 is 44.4 Å². The van der Waals surface area contributed by atoms with Crippen molar-refractivity contribution in [2.45, 2.75) is 32.5 Å². The number of carboxylic acid groups (broad SMARTS) is 1. The average Bonchev–Trinajstić information content (AvgIpc) is 3.26. The minimum Gasteiger partial charge on any atom is -0.490 e. The van der Waals surface area contributed by atoms with Crippen molar-refractivity contribution < 1.29 is 23.8 Å². The SMILES string of the molecule is CCOc1cc(CNC(Cc2c[nH]c3ccccc23)C(=O)O)c(Br)cc1OCc1c(F)cccc1Cl. The van der Waals surface area contributed by atoms with Crippen LogP contribution in [-0.2, 0) is 24.4 Å². The molecule has 0 saturated heterocycles. The molecule has 3 N–H and O–H groups in total. The van der Waals surface area contributed by atoms with E-state index >= 15 is 0 Å². The average molecular weight is 576 g/mol. The smallest absolute Gasteiger partial charge is 0.321 e. The van der Waals surface area contributed by atoms with Gasteiger partial charge < -0.3 is 19.6 Å². The second-order valence-corrected chi connectivity index (χ2v) is 9.41.